The van der Waals surface area contributed by atoms with E-state index in [1.807, 2.05) is 12.1 Å². The molecule has 0 unspecified atom stereocenters. The zero-order valence-electron chi connectivity index (χ0n) is 16.0. The number of amides is 1. The van der Waals surface area contributed by atoms with Crippen LogP contribution in [0.25, 0.3) is 11.3 Å². The van der Waals surface area contributed by atoms with Crippen LogP contribution in [0.1, 0.15) is 34.7 Å². The molecule has 0 bridgehead atoms. The van der Waals surface area contributed by atoms with Crippen LogP contribution in [0.3, 0.4) is 0 Å². The number of hydrogen-bond acceptors (Lipinski definition) is 6. The summed E-state index contributed by atoms with van der Waals surface area (Å²) in [6, 6.07) is 6.98. The highest BCUT2D eigenvalue weighted by molar-refractivity contribution is 5.93. The van der Waals surface area contributed by atoms with Gasteiger partial charge in [0.05, 0.1) is 17.9 Å². The van der Waals surface area contributed by atoms with Gasteiger partial charge in [0.15, 0.2) is 0 Å². The average Bonchev–Trinajstić information content (AvgIpc) is 3.16. The molecule has 0 atom stereocenters. The van der Waals surface area contributed by atoms with Crippen LogP contribution in [0, 0.1) is 5.92 Å². The maximum atomic E-state index is 12.8. The summed E-state index contributed by atoms with van der Waals surface area (Å²) in [5, 5.41) is 8.55. The van der Waals surface area contributed by atoms with E-state index < -0.39 is 0 Å². The van der Waals surface area contributed by atoms with E-state index in [4.69, 9.17) is 4.52 Å². The predicted octanol–water partition coefficient (Wildman–Crippen LogP) is 1.94. The minimum Gasteiger partial charge on any atom is -0.350 e. The Morgan fingerprint density at radius 1 is 1.17 bits per heavy atom. The van der Waals surface area contributed by atoms with Crippen molar-refractivity contribution in [3.63, 3.8) is 0 Å². The van der Waals surface area contributed by atoms with E-state index in [1.54, 1.807) is 23.4 Å². The molecule has 2 aliphatic rings. The molecule has 29 heavy (non-hydrogen) atoms. The smallest absolute Gasteiger partial charge is 0.292 e. The summed E-state index contributed by atoms with van der Waals surface area (Å²) in [5.74, 6) is 0.486. The first kappa shape index (κ1) is 17.8. The van der Waals surface area contributed by atoms with Crippen LogP contribution in [0.15, 0.2) is 46.0 Å². The number of aromatic nitrogens is 4. The maximum Gasteiger partial charge on any atom is 0.292 e. The average molecular weight is 391 g/mol. The molecule has 148 valence electrons. The Balaban J connectivity index is 1.26. The van der Waals surface area contributed by atoms with Gasteiger partial charge in [-0.1, -0.05) is 5.16 Å². The summed E-state index contributed by atoms with van der Waals surface area (Å²) >= 11 is 0. The maximum absolute atomic E-state index is 12.8. The molecule has 8 heteroatoms. The molecule has 1 aliphatic heterocycles. The lowest BCUT2D eigenvalue weighted by molar-refractivity contribution is 0.0417. The largest absolute Gasteiger partial charge is 0.350 e. The Hall–Kier alpha value is -3.29. The number of nitrogens with zero attached hydrogens (tertiary/aromatic N) is 5. The SMILES string of the molecule is O=C(c1onc2c1CCCC2)N1CC(Cn2nc(-c3cccnc3)ccc2=O)C1. The molecular formula is C21H21N5O3. The summed E-state index contributed by atoms with van der Waals surface area (Å²) in [4.78, 5) is 30.8. The zero-order chi connectivity index (χ0) is 19.8. The second kappa shape index (κ2) is 7.27. The molecule has 1 amide bonds. The van der Waals surface area contributed by atoms with Gasteiger partial charge in [-0.05, 0) is 43.9 Å². The lowest BCUT2D eigenvalue weighted by Gasteiger charge is -2.38. The van der Waals surface area contributed by atoms with E-state index in [1.165, 1.54) is 10.7 Å². The predicted molar refractivity (Wildman–Crippen MR) is 104 cm³/mol. The molecule has 4 heterocycles. The third-order valence-electron chi connectivity index (χ3n) is 5.65. The van der Waals surface area contributed by atoms with Crippen LogP contribution in [0.2, 0.25) is 0 Å². The minimum atomic E-state index is -0.147. The van der Waals surface area contributed by atoms with E-state index in [9.17, 15) is 9.59 Å². The molecule has 1 saturated heterocycles. The molecule has 0 aromatic carbocycles. The molecule has 5 rings (SSSR count). The third-order valence-corrected chi connectivity index (χ3v) is 5.65. The number of rotatable bonds is 4. The summed E-state index contributed by atoms with van der Waals surface area (Å²) in [7, 11) is 0. The van der Waals surface area contributed by atoms with E-state index in [0.717, 1.165) is 42.5 Å². The molecule has 1 aliphatic carbocycles. The summed E-state index contributed by atoms with van der Waals surface area (Å²) < 4.78 is 6.84. The summed E-state index contributed by atoms with van der Waals surface area (Å²) in [6.45, 7) is 1.64. The number of hydrogen-bond donors (Lipinski definition) is 0. The number of carbonyl (C=O) groups excluding carboxylic acids is 1. The van der Waals surface area contributed by atoms with Gasteiger partial charge in [-0.15, -0.1) is 0 Å². The van der Waals surface area contributed by atoms with Gasteiger partial charge in [0, 0.05) is 48.6 Å². The molecule has 3 aromatic heterocycles. The van der Waals surface area contributed by atoms with Crippen LogP contribution in [-0.4, -0.2) is 43.8 Å². The summed E-state index contributed by atoms with van der Waals surface area (Å²) in [5.41, 5.74) is 3.33. The lowest BCUT2D eigenvalue weighted by Crippen LogP contribution is -2.52. The topological polar surface area (TPSA) is 94.1 Å². The van der Waals surface area contributed by atoms with Crippen molar-refractivity contribution < 1.29 is 9.32 Å². The van der Waals surface area contributed by atoms with Gasteiger partial charge in [-0.25, -0.2) is 4.68 Å². The van der Waals surface area contributed by atoms with Crippen LogP contribution in [0.4, 0.5) is 0 Å². The van der Waals surface area contributed by atoms with Crippen molar-refractivity contribution in [1.82, 2.24) is 24.8 Å². The first-order valence-corrected chi connectivity index (χ1v) is 9.94. The van der Waals surface area contributed by atoms with Crippen molar-refractivity contribution in [2.75, 3.05) is 13.1 Å². The fourth-order valence-corrected chi connectivity index (χ4v) is 4.05. The lowest BCUT2D eigenvalue weighted by atomic mass is 9.94. The number of aryl methyl sites for hydroxylation is 1. The Labute approximate surface area is 167 Å². The molecule has 1 fully saturated rings. The summed E-state index contributed by atoms with van der Waals surface area (Å²) in [6.07, 6.45) is 7.33. The Kier molecular flexibility index (Phi) is 4.46. The van der Waals surface area contributed by atoms with Crippen molar-refractivity contribution >= 4 is 5.91 Å². The zero-order valence-corrected chi connectivity index (χ0v) is 16.0. The van der Waals surface area contributed by atoms with Gasteiger partial charge < -0.3 is 9.42 Å². The fraction of sp³-hybridized carbons (Fsp3) is 0.381. The molecular weight excluding hydrogens is 370 g/mol. The van der Waals surface area contributed by atoms with E-state index in [2.05, 4.69) is 15.2 Å². The molecule has 8 nitrogen and oxygen atoms in total. The third kappa shape index (κ3) is 3.35. The van der Waals surface area contributed by atoms with Crippen molar-refractivity contribution in [3.05, 3.63) is 64.0 Å². The first-order chi connectivity index (χ1) is 14.2. The van der Waals surface area contributed by atoms with Crippen molar-refractivity contribution in [2.24, 2.45) is 5.92 Å². The minimum absolute atomic E-state index is 0.0960. The molecule has 3 aromatic rings. The number of pyridine rings is 1. The highest BCUT2D eigenvalue weighted by Gasteiger charge is 2.35. The Morgan fingerprint density at radius 3 is 2.86 bits per heavy atom. The standard InChI is InChI=1S/C21H21N5O3/c27-19-8-7-17(15-4-3-9-22-10-15)23-26(19)13-14-11-25(12-14)21(28)20-16-5-1-2-6-18(16)24-29-20/h3-4,7-10,14H,1-2,5-6,11-13H2. The second-order valence-electron chi connectivity index (χ2n) is 7.70. The van der Waals surface area contributed by atoms with Gasteiger partial charge in [0.1, 0.15) is 0 Å². The van der Waals surface area contributed by atoms with Crippen LogP contribution >= 0.6 is 0 Å². The van der Waals surface area contributed by atoms with E-state index >= 15 is 0 Å². The first-order valence-electron chi connectivity index (χ1n) is 9.94. The molecule has 0 saturated carbocycles. The van der Waals surface area contributed by atoms with Crippen molar-refractivity contribution in [1.29, 1.82) is 0 Å². The highest BCUT2D eigenvalue weighted by Crippen LogP contribution is 2.27. The van der Waals surface area contributed by atoms with Gasteiger partial charge >= 0.3 is 0 Å². The van der Waals surface area contributed by atoms with Gasteiger partial charge in [-0.3, -0.25) is 14.6 Å². The normalized spacial score (nSPS) is 16.3. The second-order valence-corrected chi connectivity index (χ2v) is 7.70. The fourth-order valence-electron chi connectivity index (χ4n) is 4.05. The van der Waals surface area contributed by atoms with Crippen LogP contribution < -0.4 is 5.56 Å². The molecule has 0 radical (unpaired) electrons. The Morgan fingerprint density at radius 2 is 2.03 bits per heavy atom. The van der Waals surface area contributed by atoms with Crippen molar-refractivity contribution in [2.45, 2.75) is 32.2 Å². The van der Waals surface area contributed by atoms with E-state index in [-0.39, 0.29) is 17.4 Å². The highest BCUT2D eigenvalue weighted by atomic mass is 16.5. The van der Waals surface area contributed by atoms with Crippen molar-refractivity contribution in [3.8, 4) is 11.3 Å². The Bertz CT molecular complexity index is 1100. The number of carbonyl (C=O) groups is 1. The van der Waals surface area contributed by atoms with Gasteiger partial charge in [-0.2, -0.15) is 5.10 Å². The number of fused-ring (bicyclic) bond motifs is 1. The monoisotopic (exact) mass is 391 g/mol. The van der Waals surface area contributed by atoms with Gasteiger partial charge in [0.2, 0.25) is 5.76 Å². The van der Waals surface area contributed by atoms with Crippen LogP contribution in [0.5, 0.6) is 0 Å². The molecule has 0 spiro atoms. The molecule has 0 N–H and O–H groups in total. The van der Waals surface area contributed by atoms with Crippen LogP contribution in [-0.2, 0) is 19.4 Å². The van der Waals surface area contributed by atoms with E-state index in [0.29, 0.717) is 31.1 Å². The number of likely N-dealkylation sites (tertiary alicyclic amines) is 1. The van der Waals surface area contributed by atoms with Gasteiger partial charge in [0.25, 0.3) is 11.5 Å². The quantitative estimate of drug-likeness (QED) is 0.675.